The molecule has 1 aromatic rings. The van der Waals surface area contributed by atoms with Crippen molar-refractivity contribution in [2.75, 3.05) is 13.1 Å². The Labute approximate surface area is 100 Å². The predicted molar refractivity (Wildman–Crippen MR) is 62.1 cm³/mol. The fourth-order valence-corrected chi connectivity index (χ4v) is 2.18. The number of cyclic esters (lactones) is 2. The highest BCUT2D eigenvalue weighted by molar-refractivity contribution is 5.90. The molecule has 0 saturated carbocycles. The van der Waals surface area contributed by atoms with Gasteiger partial charge in [-0.3, -0.25) is 14.5 Å². The molecule has 4 heteroatoms. The van der Waals surface area contributed by atoms with Crippen LogP contribution in [-0.4, -0.2) is 29.9 Å². The lowest BCUT2D eigenvalue weighted by Gasteiger charge is -2.32. The largest absolute Gasteiger partial charge is 0.391 e. The van der Waals surface area contributed by atoms with E-state index in [0.29, 0.717) is 0 Å². The number of carbonyl (C=O) groups is 2. The summed E-state index contributed by atoms with van der Waals surface area (Å²) in [6.07, 6.45) is 0.852. The minimum Gasteiger partial charge on any atom is -0.391 e. The maximum atomic E-state index is 11.3. The summed E-state index contributed by atoms with van der Waals surface area (Å²) in [7, 11) is 0. The SMILES string of the molecule is CCC(c1ccccc1)N1CC(=O)OC(=O)C1. The molecule has 1 fully saturated rings. The van der Waals surface area contributed by atoms with Gasteiger partial charge < -0.3 is 4.74 Å². The molecule has 1 aromatic carbocycles. The molecule has 2 rings (SSSR count). The molecule has 1 atom stereocenters. The second-order valence-electron chi connectivity index (χ2n) is 4.09. The molecule has 90 valence electrons. The average molecular weight is 233 g/mol. The van der Waals surface area contributed by atoms with E-state index >= 15 is 0 Å². The van der Waals surface area contributed by atoms with E-state index < -0.39 is 11.9 Å². The lowest BCUT2D eigenvalue weighted by Crippen LogP contribution is -2.44. The van der Waals surface area contributed by atoms with E-state index in [2.05, 4.69) is 4.74 Å². The molecule has 17 heavy (non-hydrogen) atoms. The Hall–Kier alpha value is -1.68. The van der Waals surface area contributed by atoms with Crippen molar-refractivity contribution >= 4 is 11.9 Å². The Kier molecular flexibility index (Phi) is 3.54. The van der Waals surface area contributed by atoms with Gasteiger partial charge in [-0.1, -0.05) is 37.3 Å². The van der Waals surface area contributed by atoms with Crippen LogP contribution in [0.25, 0.3) is 0 Å². The maximum absolute atomic E-state index is 11.3. The van der Waals surface area contributed by atoms with Crippen LogP contribution < -0.4 is 0 Å². The van der Waals surface area contributed by atoms with Crippen molar-refractivity contribution in [3.8, 4) is 0 Å². The summed E-state index contributed by atoms with van der Waals surface area (Å²) in [6, 6.07) is 9.99. The fraction of sp³-hybridized carbons (Fsp3) is 0.385. The number of ether oxygens (including phenoxy) is 1. The molecule has 0 radical (unpaired) electrons. The van der Waals surface area contributed by atoms with Gasteiger partial charge in [-0.25, -0.2) is 0 Å². The Balaban J connectivity index is 2.18. The van der Waals surface area contributed by atoms with Crippen LogP contribution in [0.2, 0.25) is 0 Å². The number of carbonyl (C=O) groups excluding carboxylic acids is 2. The first kappa shape index (κ1) is 11.8. The van der Waals surface area contributed by atoms with Gasteiger partial charge in [0.2, 0.25) is 0 Å². The molecule has 0 spiro atoms. The third-order valence-corrected chi connectivity index (χ3v) is 2.90. The lowest BCUT2D eigenvalue weighted by atomic mass is 10.0. The van der Waals surface area contributed by atoms with Crippen LogP contribution in [0.3, 0.4) is 0 Å². The molecule has 4 nitrogen and oxygen atoms in total. The fourth-order valence-electron chi connectivity index (χ4n) is 2.18. The topological polar surface area (TPSA) is 46.6 Å². The minimum absolute atomic E-state index is 0.0907. The van der Waals surface area contributed by atoms with Crippen LogP contribution in [0.1, 0.15) is 24.9 Å². The molecule has 0 aliphatic carbocycles. The van der Waals surface area contributed by atoms with Gasteiger partial charge in [0, 0.05) is 6.04 Å². The zero-order chi connectivity index (χ0) is 12.3. The van der Waals surface area contributed by atoms with E-state index in [1.807, 2.05) is 42.2 Å². The molecule has 1 aliphatic rings. The molecular weight excluding hydrogens is 218 g/mol. The summed E-state index contributed by atoms with van der Waals surface area (Å²) in [5, 5.41) is 0. The number of hydrogen-bond donors (Lipinski definition) is 0. The van der Waals surface area contributed by atoms with Gasteiger partial charge in [-0.2, -0.15) is 0 Å². The van der Waals surface area contributed by atoms with Crippen molar-refractivity contribution in [3.05, 3.63) is 35.9 Å². The minimum atomic E-state index is -0.462. The van der Waals surface area contributed by atoms with E-state index in [1.165, 1.54) is 0 Å². The molecule has 0 N–H and O–H groups in total. The summed E-state index contributed by atoms with van der Waals surface area (Å²) in [5.41, 5.74) is 1.12. The van der Waals surface area contributed by atoms with Crippen LogP contribution in [0.4, 0.5) is 0 Å². The van der Waals surface area contributed by atoms with Gasteiger partial charge in [-0.15, -0.1) is 0 Å². The van der Waals surface area contributed by atoms with E-state index in [9.17, 15) is 9.59 Å². The van der Waals surface area contributed by atoms with Gasteiger partial charge in [0.15, 0.2) is 0 Å². The first-order chi connectivity index (χ1) is 8.20. The number of benzene rings is 1. The summed E-state index contributed by atoms with van der Waals surface area (Å²) in [5.74, 6) is -0.925. The standard InChI is InChI=1S/C13H15NO3/c1-2-11(10-6-4-3-5-7-10)14-8-12(15)17-13(16)9-14/h3-7,11H,2,8-9H2,1H3. The molecule has 1 aliphatic heterocycles. The first-order valence-electron chi connectivity index (χ1n) is 5.73. The highest BCUT2D eigenvalue weighted by Gasteiger charge is 2.29. The number of morpholine rings is 1. The van der Waals surface area contributed by atoms with Crippen molar-refractivity contribution in [2.45, 2.75) is 19.4 Å². The molecule has 0 bridgehead atoms. The Bertz CT molecular complexity index is 400. The van der Waals surface area contributed by atoms with E-state index in [-0.39, 0.29) is 19.1 Å². The van der Waals surface area contributed by atoms with E-state index in [4.69, 9.17) is 0 Å². The van der Waals surface area contributed by atoms with E-state index in [1.54, 1.807) is 0 Å². The number of hydrogen-bond acceptors (Lipinski definition) is 4. The molecule has 0 aromatic heterocycles. The summed E-state index contributed by atoms with van der Waals surface area (Å²) >= 11 is 0. The molecule has 0 amide bonds. The Morgan fingerprint density at radius 2 is 1.76 bits per heavy atom. The van der Waals surface area contributed by atoms with E-state index in [0.717, 1.165) is 12.0 Å². The number of rotatable bonds is 3. The summed E-state index contributed by atoms with van der Waals surface area (Å²) < 4.78 is 4.53. The molecular formula is C13H15NO3. The lowest BCUT2D eigenvalue weighted by molar-refractivity contribution is -0.168. The maximum Gasteiger partial charge on any atom is 0.327 e. The Morgan fingerprint density at radius 1 is 1.18 bits per heavy atom. The van der Waals surface area contributed by atoms with Gasteiger partial charge in [0.05, 0.1) is 13.1 Å². The first-order valence-corrected chi connectivity index (χ1v) is 5.73. The second kappa shape index (κ2) is 5.10. The quantitative estimate of drug-likeness (QED) is 0.586. The van der Waals surface area contributed by atoms with Crippen LogP contribution >= 0.6 is 0 Å². The monoisotopic (exact) mass is 233 g/mol. The average Bonchev–Trinajstić information content (AvgIpc) is 2.30. The van der Waals surface area contributed by atoms with Gasteiger partial charge >= 0.3 is 11.9 Å². The van der Waals surface area contributed by atoms with Crippen LogP contribution in [0, 0.1) is 0 Å². The molecule has 1 unspecified atom stereocenters. The normalized spacial score (nSPS) is 18.9. The van der Waals surface area contributed by atoms with Gasteiger partial charge in [-0.05, 0) is 12.0 Å². The van der Waals surface area contributed by atoms with Crippen LogP contribution in [0.15, 0.2) is 30.3 Å². The highest BCUT2D eigenvalue weighted by atomic mass is 16.6. The zero-order valence-corrected chi connectivity index (χ0v) is 9.76. The summed E-state index contributed by atoms with van der Waals surface area (Å²) in [4.78, 5) is 24.4. The predicted octanol–water partition coefficient (Wildman–Crippen LogP) is 1.52. The highest BCUT2D eigenvalue weighted by Crippen LogP contribution is 2.24. The third kappa shape index (κ3) is 2.71. The van der Waals surface area contributed by atoms with Crippen molar-refractivity contribution in [2.24, 2.45) is 0 Å². The van der Waals surface area contributed by atoms with Crippen LogP contribution in [-0.2, 0) is 14.3 Å². The van der Waals surface area contributed by atoms with Crippen molar-refractivity contribution in [3.63, 3.8) is 0 Å². The molecule has 1 saturated heterocycles. The number of esters is 2. The smallest absolute Gasteiger partial charge is 0.327 e. The second-order valence-corrected chi connectivity index (χ2v) is 4.09. The zero-order valence-electron chi connectivity index (χ0n) is 9.76. The summed E-state index contributed by atoms with van der Waals surface area (Å²) in [6.45, 7) is 2.40. The van der Waals surface area contributed by atoms with Crippen molar-refractivity contribution in [1.29, 1.82) is 0 Å². The number of nitrogens with zero attached hydrogens (tertiary/aromatic N) is 1. The van der Waals surface area contributed by atoms with Crippen molar-refractivity contribution in [1.82, 2.24) is 4.90 Å². The molecule has 1 heterocycles. The van der Waals surface area contributed by atoms with Gasteiger partial charge in [0.1, 0.15) is 0 Å². The Morgan fingerprint density at radius 3 is 2.29 bits per heavy atom. The van der Waals surface area contributed by atoms with Crippen molar-refractivity contribution < 1.29 is 14.3 Å². The van der Waals surface area contributed by atoms with Gasteiger partial charge in [0.25, 0.3) is 0 Å². The van der Waals surface area contributed by atoms with Crippen LogP contribution in [0.5, 0.6) is 0 Å². The third-order valence-electron chi connectivity index (χ3n) is 2.90.